The summed E-state index contributed by atoms with van der Waals surface area (Å²) in [5, 5.41) is 35.6. The van der Waals surface area contributed by atoms with E-state index in [1.54, 1.807) is 12.1 Å². The van der Waals surface area contributed by atoms with Crippen molar-refractivity contribution in [3.8, 4) is 0 Å². The lowest BCUT2D eigenvalue weighted by molar-refractivity contribution is -0.384. The summed E-state index contributed by atoms with van der Waals surface area (Å²) in [4.78, 5) is 46.2. The van der Waals surface area contributed by atoms with Gasteiger partial charge in [-0.1, -0.05) is 66.7 Å². The van der Waals surface area contributed by atoms with Gasteiger partial charge in [-0.2, -0.15) is 0 Å². The fraction of sp³-hybridized carbons (Fsp3) is 0.111. The van der Waals surface area contributed by atoms with E-state index < -0.39 is 21.7 Å². The van der Waals surface area contributed by atoms with Crippen molar-refractivity contribution < 1.29 is 19.4 Å². The van der Waals surface area contributed by atoms with Crippen LogP contribution in [0.15, 0.2) is 50.8 Å². The Morgan fingerprint density at radius 3 is 1.51 bits per heavy atom. The van der Waals surface area contributed by atoms with Crippen molar-refractivity contribution in [3.05, 3.63) is 62.4 Å². The molecule has 1 aromatic heterocycles. The number of carbonyl (C=O) groups excluding carboxylic acids is 2. The number of thioether (sulfide) groups is 2. The molecular formula is C18H10Br4N6O6S3. The lowest BCUT2D eigenvalue weighted by atomic mass is 10.2. The molecule has 12 nitrogen and oxygen atoms in total. The molecule has 0 saturated carbocycles. The van der Waals surface area contributed by atoms with Gasteiger partial charge in [-0.3, -0.25) is 29.8 Å². The van der Waals surface area contributed by atoms with Gasteiger partial charge in [-0.15, -0.1) is 10.2 Å². The van der Waals surface area contributed by atoms with Crippen LogP contribution in [0, 0.1) is 20.2 Å². The van der Waals surface area contributed by atoms with Crippen molar-refractivity contribution >= 4 is 133 Å². The van der Waals surface area contributed by atoms with Crippen LogP contribution in [0.1, 0.15) is 0 Å². The van der Waals surface area contributed by atoms with Crippen LogP contribution in [-0.2, 0) is 9.59 Å². The molecule has 0 bridgehead atoms. The molecule has 2 N–H and O–H groups in total. The van der Waals surface area contributed by atoms with Gasteiger partial charge in [0.05, 0.1) is 21.4 Å². The van der Waals surface area contributed by atoms with E-state index in [0.29, 0.717) is 26.6 Å². The average molecular weight is 822 g/mol. The Morgan fingerprint density at radius 1 is 0.784 bits per heavy atom. The number of amides is 2. The van der Waals surface area contributed by atoms with Crippen LogP contribution >= 0.6 is 98.6 Å². The zero-order valence-corrected chi connectivity index (χ0v) is 26.5. The smallest absolute Gasteiger partial charge is 0.295 e. The molecule has 1 heterocycles. The number of nitrogens with one attached hydrogen (secondary N) is 2. The SMILES string of the molecule is O=C(CSc1nnc(SCC(=O)Nc2c(Br)cc(Br)cc2[N+](=O)[O-])s1)Nc1c(Br)cc(Br)cc1[N+](=O)[O-]. The van der Waals surface area contributed by atoms with Crippen molar-refractivity contribution in [1.82, 2.24) is 10.2 Å². The van der Waals surface area contributed by atoms with Crippen molar-refractivity contribution in [2.45, 2.75) is 8.68 Å². The first kappa shape index (κ1) is 29.9. The Kier molecular flexibility index (Phi) is 10.9. The van der Waals surface area contributed by atoms with Crippen LogP contribution in [-0.4, -0.2) is 43.4 Å². The number of benzene rings is 2. The first-order valence-electron chi connectivity index (χ1n) is 9.40. The van der Waals surface area contributed by atoms with Gasteiger partial charge in [0.1, 0.15) is 11.4 Å². The van der Waals surface area contributed by atoms with Gasteiger partial charge in [-0.05, 0) is 44.0 Å². The number of carbonyl (C=O) groups is 2. The Balaban J connectivity index is 1.54. The highest BCUT2D eigenvalue weighted by atomic mass is 79.9. The fourth-order valence-corrected chi connectivity index (χ4v) is 7.80. The van der Waals surface area contributed by atoms with E-state index in [1.165, 1.54) is 12.1 Å². The van der Waals surface area contributed by atoms with Crippen molar-refractivity contribution in [3.63, 3.8) is 0 Å². The monoisotopic (exact) mass is 818 g/mol. The molecule has 0 unspecified atom stereocenters. The average Bonchev–Trinajstić information content (AvgIpc) is 3.27. The van der Waals surface area contributed by atoms with Crippen molar-refractivity contribution in [1.29, 1.82) is 0 Å². The molecule has 37 heavy (non-hydrogen) atoms. The molecule has 0 saturated heterocycles. The third kappa shape index (κ3) is 8.42. The highest BCUT2D eigenvalue weighted by molar-refractivity contribution is 9.11. The number of anilines is 2. The predicted molar refractivity (Wildman–Crippen MR) is 156 cm³/mol. The molecule has 0 spiro atoms. The Hall–Kier alpha value is -1.64. The summed E-state index contributed by atoms with van der Waals surface area (Å²) in [6.07, 6.45) is 0. The van der Waals surface area contributed by atoms with Gasteiger partial charge in [0.15, 0.2) is 8.68 Å². The van der Waals surface area contributed by atoms with Crippen LogP contribution in [0.2, 0.25) is 0 Å². The first-order chi connectivity index (χ1) is 17.4. The minimum Gasteiger partial charge on any atom is -0.319 e. The maximum absolute atomic E-state index is 12.4. The topological polar surface area (TPSA) is 170 Å². The van der Waals surface area contributed by atoms with E-state index in [1.807, 2.05) is 0 Å². The van der Waals surface area contributed by atoms with Crippen LogP contribution in [0.3, 0.4) is 0 Å². The van der Waals surface area contributed by atoms with Crippen LogP contribution in [0.5, 0.6) is 0 Å². The number of halogens is 4. The second kappa shape index (κ2) is 13.4. The number of nitrogens with zero attached hydrogens (tertiary/aromatic N) is 4. The number of nitro benzene ring substituents is 2. The van der Waals surface area contributed by atoms with Gasteiger partial charge >= 0.3 is 0 Å². The van der Waals surface area contributed by atoms with Crippen molar-refractivity contribution in [2.75, 3.05) is 22.1 Å². The van der Waals surface area contributed by atoms with Gasteiger partial charge in [0.25, 0.3) is 11.4 Å². The summed E-state index contributed by atoms with van der Waals surface area (Å²) in [7, 11) is 0. The Morgan fingerprint density at radius 2 is 1.16 bits per heavy atom. The highest BCUT2D eigenvalue weighted by Crippen LogP contribution is 2.37. The summed E-state index contributed by atoms with van der Waals surface area (Å²) in [5.41, 5.74) is -0.465. The number of aromatic nitrogens is 2. The molecule has 0 fully saturated rings. The molecule has 3 aromatic rings. The summed E-state index contributed by atoms with van der Waals surface area (Å²) in [6.45, 7) is 0. The Bertz CT molecular complexity index is 1310. The van der Waals surface area contributed by atoms with E-state index in [4.69, 9.17) is 0 Å². The fourth-order valence-electron chi connectivity index (χ4n) is 2.57. The zero-order valence-electron chi connectivity index (χ0n) is 17.7. The lowest BCUT2D eigenvalue weighted by Gasteiger charge is -2.08. The summed E-state index contributed by atoms with van der Waals surface area (Å²) in [5.74, 6) is -1.13. The molecule has 19 heteroatoms. The summed E-state index contributed by atoms with van der Waals surface area (Å²) >= 11 is 16.1. The molecule has 3 rings (SSSR count). The maximum Gasteiger partial charge on any atom is 0.295 e. The molecule has 0 aliphatic rings. The van der Waals surface area contributed by atoms with Gasteiger partial charge < -0.3 is 10.6 Å². The minimum absolute atomic E-state index is 0.0379. The van der Waals surface area contributed by atoms with Crippen LogP contribution in [0.4, 0.5) is 22.7 Å². The second-order valence-electron chi connectivity index (χ2n) is 6.59. The third-order valence-electron chi connectivity index (χ3n) is 4.03. The van der Waals surface area contributed by atoms with Gasteiger partial charge in [0, 0.05) is 30.0 Å². The predicted octanol–water partition coefficient (Wildman–Crippen LogP) is 6.87. The van der Waals surface area contributed by atoms with Crippen molar-refractivity contribution in [2.24, 2.45) is 0 Å². The van der Waals surface area contributed by atoms with E-state index in [0.717, 1.165) is 34.9 Å². The van der Waals surface area contributed by atoms with Crippen LogP contribution in [0.25, 0.3) is 0 Å². The number of hydrogen-bond donors (Lipinski definition) is 2. The molecular weight excluding hydrogens is 812 g/mol. The Labute approximate surface area is 253 Å². The quantitative estimate of drug-likeness (QED) is 0.125. The minimum atomic E-state index is -0.601. The van der Waals surface area contributed by atoms with E-state index in [2.05, 4.69) is 84.6 Å². The zero-order chi connectivity index (χ0) is 27.3. The number of hydrogen-bond acceptors (Lipinski definition) is 11. The molecule has 0 aliphatic carbocycles. The molecule has 2 amide bonds. The van der Waals surface area contributed by atoms with E-state index >= 15 is 0 Å². The van der Waals surface area contributed by atoms with E-state index in [9.17, 15) is 29.8 Å². The maximum atomic E-state index is 12.4. The molecule has 0 aliphatic heterocycles. The van der Waals surface area contributed by atoms with Gasteiger partial charge in [-0.25, -0.2) is 0 Å². The number of rotatable bonds is 10. The first-order valence-corrected chi connectivity index (χ1v) is 15.4. The van der Waals surface area contributed by atoms with Crippen LogP contribution < -0.4 is 10.6 Å². The standard InChI is InChI=1S/C18H10Br4N6O6S3/c19-7-1-9(21)15(11(3-7)27(31)32)23-13(29)5-35-17-25-26-18(37-17)36-6-14(30)24-16-10(22)2-8(20)4-12(16)28(33)34/h1-4H,5-6H2,(H,23,29)(H,24,30). The second-order valence-corrected chi connectivity index (χ2v) is 13.5. The molecule has 0 radical (unpaired) electrons. The van der Waals surface area contributed by atoms with E-state index in [-0.39, 0.29) is 34.3 Å². The molecule has 0 atom stereocenters. The number of nitro groups is 2. The molecule has 2 aromatic carbocycles. The third-order valence-corrected chi connectivity index (χ3v) is 9.39. The van der Waals surface area contributed by atoms with Gasteiger partial charge in [0.2, 0.25) is 11.8 Å². The largest absolute Gasteiger partial charge is 0.319 e. The molecule has 194 valence electrons. The highest BCUT2D eigenvalue weighted by Gasteiger charge is 2.22. The normalized spacial score (nSPS) is 10.7. The summed E-state index contributed by atoms with van der Waals surface area (Å²) in [6, 6.07) is 5.72. The summed E-state index contributed by atoms with van der Waals surface area (Å²) < 4.78 is 2.56. The lowest BCUT2D eigenvalue weighted by Crippen LogP contribution is -2.15.